The third-order valence-corrected chi connectivity index (χ3v) is 3.10. The van der Waals surface area contributed by atoms with Gasteiger partial charge in [-0.15, -0.1) is 0 Å². The summed E-state index contributed by atoms with van der Waals surface area (Å²) in [5.41, 5.74) is 1.39. The summed E-state index contributed by atoms with van der Waals surface area (Å²) in [4.78, 5) is 30.3. The van der Waals surface area contributed by atoms with Gasteiger partial charge in [0.25, 0.3) is 0 Å². The predicted molar refractivity (Wildman–Crippen MR) is 68.5 cm³/mol. The van der Waals surface area contributed by atoms with Crippen LogP contribution >= 0.6 is 0 Å². The Balaban J connectivity index is 2.57. The molecule has 0 unspecified atom stereocenters. The summed E-state index contributed by atoms with van der Waals surface area (Å²) in [6, 6.07) is 1.71. The van der Waals surface area contributed by atoms with Crippen LogP contribution in [0.3, 0.4) is 0 Å². The molecule has 0 spiro atoms. The van der Waals surface area contributed by atoms with Crippen LogP contribution in [0.2, 0.25) is 0 Å². The van der Waals surface area contributed by atoms with Crippen molar-refractivity contribution in [2.75, 3.05) is 0 Å². The lowest BCUT2D eigenvalue weighted by atomic mass is 10.1. The number of pyridine rings is 2. The Morgan fingerprint density at radius 3 is 3.00 bits per heavy atom. The van der Waals surface area contributed by atoms with Gasteiger partial charge >= 0.3 is 5.97 Å². The molecule has 0 bridgehead atoms. The van der Waals surface area contributed by atoms with Crippen LogP contribution in [-0.2, 0) is 6.42 Å². The number of H-pyrrole nitrogens is 1. The molecule has 6 nitrogen and oxygen atoms in total. The highest BCUT2D eigenvalue weighted by atomic mass is 16.4. The molecular weight excluding hydrogens is 248 g/mol. The van der Waals surface area contributed by atoms with E-state index in [1.807, 2.05) is 6.92 Å². The maximum Gasteiger partial charge on any atom is 0.341 e. The number of aromatic carboxylic acids is 1. The average Bonchev–Trinajstić information content (AvgIpc) is 2.84. The number of furan rings is 1. The van der Waals surface area contributed by atoms with E-state index < -0.39 is 11.4 Å². The second kappa shape index (κ2) is 3.94. The monoisotopic (exact) mass is 258 g/mol. The lowest BCUT2D eigenvalue weighted by molar-refractivity contribution is 0.0695. The number of hydrogen-bond acceptors (Lipinski definition) is 4. The van der Waals surface area contributed by atoms with Crippen LogP contribution < -0.4 is 5.43 Å². The van der Waals surface area contributed by atoms with Crippen LogP contribution in [-0.4, -0.2) is 21.0 Å². The molecule has 3 heterocycles. The Morgan fingerprint density at radius 2 is 2.32 bits per heavy atom. The first kappa shape index (κ1) is 11.5. The van der Waals surface area contributed by atoms with Crippen molar-refractivity contribution in [3.05, 3.63) is 39.9 Å². The maximum atomic E-state index is 12.2. The summed E-state index contributed by atoms with van der Waals surface area (Å²) >= 11 is 0. The van der Waals surface area contributed by atoms with Gasteiger partial charge in [0.2, 0.25) is 5.43 Å². The van der Waals surface area contributed by atoms with Crippen molar-refractivity contribution in [1.29, 1.82) is 0 Å². The van der Waals surface area contributed by atoms with E-state index in [1.54, 1.807) is 6.07 Å². The zero-order valence-corrected chi connectivity index (χ0v) is 10.1. The Kier molecular flexibility index (Phi) is 2.38. The predicted octanol–water partition coefficient (Wildman–Crippen LogP) is 1.93. The molecule has 0 fully saturated rings. The Morgan fingerprint density at radius 1 is 1.53 bits per heavy atom. The van der Waals surface area contributed by atoms with Crippen molar-refractivity contribution in [1.82, 2.24) is 9.97 Å². The molecule has 3 aromatic heterocycles. The first-order valence-electron chi connectivity index (χ1n) is 5.78. The molecule has 96 valence electrons. The second-order valence-electron chi connectivity index (χ2n) is 4.14. The van der Waals surface area contributed by atoms with Crippen molar-refractivity contribution >= 4 is 28.1 Å². The number of carbonyl (C=O) groups is 1. The van der Waals surface area contributed by atoms with E-state index in [1.165, 1.54) is 12.5 Å². The molecule has 19 heavy (non-hydrogen) atoms. The number of fused-ring (bicyclic) bond motifs is 2. The number of nitrogens with zero attached hydrogens (tertiary/aromatic N) is 1. The molecule has 3 rings (SSSR count). The topological polar surface area (TPSA) is 96.2 Å². The zero-order valence-electron chi connectivity index (χ0n) is 10.1. The van der Waals surface area contributed by atoms with E-state index >= 15 is 0 Å². The van der Waals surface area contributed by atoms with Crippen LogP contribution in [0.25, 0.3) is 22.1 Å². The fourth-order valence-corrected chi connectivity index (χ4v) is 2.24. The molecule has 2 N–H and O–H groups in total. The summed E-state index contributed by atoms with van der Waals surface area (Å²) in [5.74, 6) is -1.26. The van der Waals surface area contributed by atoms with Gasteiger partial charge in [0.15, 0.2) is 5.58 Å². The van der Waals surface area contributed by atoms with E-state index in [-0.39, 0.29) is 10.9 Å². The number of aromatic amines is 1. The van der Waals surface area contributed by atoms with E-state index in [2.05, 4.69) is 9.97 Å². The number of rotatable bonds is 2. The van der Waals surface area contributed by atoms with E-state index in [0.29, 0.717) is 28.7 Å². The van der Waals surface area contributed by atoms with Gasteiger partial charge in [0.05, 0.1) is 11.6 Å². The van der Waals surface area contributed by atoms with Gasteiger partial charge in [-0.25, -0.2) is 9.78 Å². The molecule has 0 aromatic carbocycles. The van der Waals surface area contributed by atoms with Crippen molar-refractivity contribution in [2.24, 2.45) is 0 Å². The first-order chi connectivity index (χ1) is 9.13. The van der Waals surface area contributed by atoms with Gasteiger partial charge in [0.1, 0.15) is 16.7 Å². The molecular formula is C13H10N2O4. The van der Waals surface area contributed by atoms with E-state index in [4.69, 9.17) is 9.52 Å². The molecule has 0 aliphatic carbocycles. The van der Waals surface area contributed by atoms with Gasteiger partial charge in [-0.2, -0.15) is 0 Å². The minimum Gasteiger partial charge on any atom is -0.477 e. The van der Waals surface area contributed by atoms with Gasteiger partial charge in [-0.05, 0) is 6.42 Å². The largest absolute Gasteiger partial charge is 0.477 e. The third-order valence-electron chi connectivity index (χ3n) is 3.10. The highest BCUT2D eigenvalue weighted by molar-refractivity contribution is 5.97. The molecule has 0 amide bonds. The van der Waals surface area contributed by atoms with E-state index in [9.17, 15) is 9.59 Å². The molecule has 3 aromatic rings. The van der Waals surface area contributed by atoms with Crippen LogP contribution in [0.5, 0.6) is 0 Å². The highest BCUT2D eigenvalue weighted by Gasteiger charge is 2.18. The Hall–Kier alpha value is -2.63. The quantitative estimate of drug-likeness (QED) is 0.732. The van der Waals surface area contributed by atoms with Crippen LogP contribution in [0.4, 0.5) is 0 Å². The molecule has 0 aliphatic heterocycles. The molecule has 0 radical (unpaired) electrons. The lowest BCUT2D eigenvalue weighted by Gasteiger charge is -2.05. The van der Waals surface area contributed by atoms with E-state index in [0.717, 1.165) is 0 Å². The second-order valence-corrected chi connectivity index (χ2v) is 4.14. The van der Waals surface area contributed by atoms with Gasteiger partial charge < -0.3 is 14.5 Å². The van der Waals surface area contributed by atoms with Gasteiger partial charge in [-0.3, -0.25) is 4.79 Å². The summed E-state index contributed by atoms with van der Waals surface area (Å²) < 4.78 is 5.34. The highest BCUT2D eigenvalue weighted by Crippen LogP contribution is 2.24. The maximum absolute atomic E-state index is 12.2. The fraction of sp³-hybridized carbons (Fsp3) is 0.154. The Labute approximate surface area is 106 Å². The summed E-state index contributed by atoms with van der Waals surface area (Å²) in [7, 11) is 0. The normalized spacial score (nSPS) is 11.2. The first-order valence-corrected chi connectivity index (χ1v) is 5.78. The summed E-state index contributed by atoms with van der Waals surface area (Å²) in [6.07, 6.45) is 3.22. The van der Waals surface area contributed by atoms with Crippen molar-refractivity contribution < 1.29 is 14.3 Å². The van der Waals surface area contributed by atoms with Gasteiger partial charge in [-0.1, -0.05) is 6.92 Å². The molecule has 0 saturated heterocycles. The smallest absolute Gasteiger partial charge is 0.341 e. The minimum atomic E-state index is -1.26. The van der Waals surface area contributed by atoms with Crippen molar-refractivity contribution in [3.8, 4) is 0 Å². The number of nitrogens with one attached hydrogen (secondary N) is 1. The van der Waals surface area contributed by atoms with Crippen LogP contribution in [0, 0.1) is 0 Å². The molecule has 6 heteroatoms. The van der Waals surface area contributed by atoms with Crippen molar-refractivity contribution in [3.63, 3.8) is 0 Å². The lowest BCUT2D eigenvalue weighted by Crippen LogP contribution is -2.17. The average molecular weight is 258 g/mol. The minimum absolute atomic E-state index is 0.282. The summed E-state index contributed by atoms with van der Waals surface area (Å²) in [6.45, 7) is 1.88. The van der Waals surface area contributed by atoms with Crippen LogP contribution in [0.15, 0.2) is 27.7 Å². The number of hydrogen-bond donors (Lipinski definition) is 2. The standard InChI is InChI=1S/C13H10N2O4/c1-2-6-9-10(16)7(13(17)18)5-14-12(9)15-8-3-4-19-11(6)8/h3-5H,2H2,1H3,(H,17,18)(H,14,15,16). The summed E-state index contributed by atoms with van der Waals surface area (Å²) in [5, 5.41) is 9.28. The van der Waals surface area contributed by atoms with Crippen LogP contribution in [0.1, 0.15) is 22.8 Å². The number of carboxylic acid groups (broad SMARTS) is 1. The third kappa shape index (κ3) is 1.53. The van der Waals surface area contributed by atoms with Crippen molar-refractivity contribution in [2.45, 2.75) is 13.3 Å². The number of aryl methyl sites for hydroxylation is 1. The molecule has 0 atom stereocenters. The zero-order chi connectivity index (χ0) is 13.6. The molecule has 0 aliphatic rings. The Bertz CT molecular complexity index is 860. The SMILES string of the molecule is CCc1c2occc2nc2[nH]cc(C(=O)O)c(=O)c12. The molecule has 0 saturated carbocycles. The fourth-order valence-electron chi connectivity index (χ4n) is 2.24. The van der Waals surface area contributed by atoms with Gasteiger partial charge in [0, 0.05) is 17.8 Å². The number of carboxylic acids is 1. The number of aromatic nitrogens is 2.